The number of anilines is 1. The van der Waals surface area contributed by atoms with Crippen LogP contribution in [-0.2, 0) is 0 Å². The average molecular weight is 302 g/mol. The predicted molar refractivity (Wildman–Crippen MR) is 93.8 cm³/mol. The van der Waals surface area contributed by atoms with Gasteiger partial charge in [-0.25, -0.2) is 4.98 Å². The highest BCUT2D eigenvalue weighted by Crippen LogP contribution is 2.21. The van der Waals surface area contributed by atoms with Crippen LogP contribution in [0.4, 0.5) is 5.95 Å². The van der Waals surface area contributed by atoms with Gasteiger partial charge in [-0.2, -0.15) is 9.97 Å². The zero-order valence-electron chi connectivity index (χ0n) is 13.0. The normalized spacial score (nSPS) is 10.3. The Kier molecular flexibility index (Phi) is 4.43. The molecule has 3 aromatic rings. The largest absolute Gasteiger partial charge is 0.328 e. The Morgan fingerprint density at radius 2 is 1.30 bits per heavy atom. The Morgan fingerprint density at radius 3 is 1.74 bits per heavy atom. The van der Waals surface area contributed by atoms with E-state index < -0.39 is 0 Å². The minimum Gasteiger partial charge on any atom is -0.328 e. The first kappa shape index (κ1) is 14.9. The first-order valence-electron chi connectivity index (χ1n) is 7.58. The molecule has 0 aliphatic rings. The summed E-state index contributed by atoms with van der Waals surface area (Å²) in [4.78, 5) is 13.7. The van der Waals surface area contributed by atoms with Crippen molar-refractivity contribution in [1.82, 2.24) is 15.0 Å². The van der Waals surface area contributed by atoms with Crippen LogP contribution in [0.2, 0.25) is 0 Å². The van der Waals surface area contributed by atoms with Gasteiger partial charge < -0.3 is 5.32 Å². The molecule has 4 nitrogen and oxygen atoms in total. The number of allylic oxidation sites excluding steroid dienone is 1. The first-order valence-corrected chi connectivity index (χ1v) is 7.58. The fraction of sp³-hybridized carbons (Fsp3) is 0.105. The maximum absolute atomic E-state index is 4.62. The van der Waals surface area contributed by atoms with Crippen molar-refractivity contribution >= 4 is 5.95 Å². The lowest BCUT2D eigenvalue weighted by atomic mass is 10.2. The number of hydrogen-bond acceptors (Lipinski definition) is 4. The van der Waals surface area contributed by atoms with Crippen LogP contribution in [0.5, 0.6) is 0 Å². The molecule has 1 heterocycles. The lowest BCUT2D eigenvalue weighted by molar-refractivity contribution is 1.03. The van der Waals surface area contributed by atoms with Crippen molar-refractivity contribution in [3.05, 3.63) is 72.9 Å². The quantitative estimate of drug-likeness (QED) is 0.751. The molecule has 0 fully saturated rings. The fourth-order valence-electron chi connectivity index (χ4n) is 2.11. The van der Waals surface area contributed by atoms with Crippen LogP contribution in [0.3, 0.4) is 0 Å². The molecule has 114 valence electrons. The molecule has 0 aliphatic carbocycles. The van der Waals surface area contributed by atoms with Gasteiger partial charge in [0.2, 0.25) is 5.95 Å². The van der Waals surface area contributed by atoms with Crippen molar-refractivity contribution in [2.45, 2.75) is 13.3 Å². The molecule has 0 spiro atoms. The zero-order valence-corrected chi connectivity index (χ0v) is 13.0. The molecule has 1 aromatic heterocycles. The Hall–Kier alpha value is -3.01. The van der Waals surface area contributed by atoms with Gasteiger partial charge in [-0.1, -0.05) is 74.2 Å². The highest BCUT2D eigenvalue weighted by atomic mass is 15.2. The third kappa shape index (κ3) is 3.61. The highest BCUT2D eigenvalue weighted by Gasteiger charge is 2.10. The lowest BCUT2D eigenvalue weighted by Gasteiger charge is -2.10. The van der Waals surface area contributed by atoms with Gasteiger partial charge in [-0.15, -0.1) is 0 Å². The summed E-state index contributed by atoms with van der Waals surface area (Å²) in [6.45, 7) is 6.00. The molecular weight excluding hydrogens is 284 g/mol. The van der Waals surface area contributed by atoms with E-state index in [2.05, 4.69) is 26.8 Å². The topological polar surface area (TPSA) is 50.7 Å². The first-order chi connectivity index (χ1) is 11.3. The van der Waals surface area contributed by atoms with E-state index in [0.29, 0.717) is 17.6 Å². The van der Waals surface area contributed by atoms with Gasteiger partial charge in [0.1, 0.15) is 0 Å². The van der Waals surface area contributed by atoms with Gasteiger partial charge >= 0.3 is 0 Å². The monoisotopic (exact) mass is 302 g/mol. The predicted octanol–water partition coefficient (Wildman–Crippen LogP) is 4.54. The lowest BCUT2D eigenvalue weighted by Crippen LogP contribution is -2.06. The van der Waals surface area contributed by atoms with E-state index in [-0.39, 0.29) is 0 Å². The number of nitrogens with one attached hydrogen (secondary N) is 1. The van der Waals surface area contributed by atoms with E-state index in [4.69, 9.17) is 0 Å². The molecule has 4 heteroatoms. The summed E-state index contributed by atoms with van der Waals surface area (Å²) in [6, 6.07) is 19.8. The molecule has 0 amide bonds. The van der Waals surface area contributed by atoms with Crippen molar-refractivity contribution < 1.29 is 0 Å². The molecule has 0 saturated heterocycles. The van der Waals surface area contributed by atoms with Crippen LogP contribution in [0.1, 0.15) is 13.3 Å². The summed E-state index contributed by atoms with van der Waals surface area (Å²) < 4.78 is 0. The number of rotatable bonds is 5. The molecule has 23 heavy (non-hydrogen) atoms. The highest BCUT2D eigenvalue weighted by molar-refractivity contribution is 5.63. The molecule has 0 radical (unpaired) electrons. The average Bonchev–Trinajstić information content (AvgIpc) is 2.63. The Morgan fingerprint density at radius 1 is 0.826 bits per heavy atom. The molecule has 0 atom stereocenters. The molecule has 0 unspecified atom stereocenters. The van der Waals surface area contributed by atoms with E-state index in [1.165, 1.54) is 0 Å². The minimum atomic E-state index is 0.518. The standard InChI is InChI=1S/C19H18N4/c1-3-14(2)20-19-22-17(15-10-6-4-7-11-15)21-18(23-19)16-12-8-5-9-13-16/h4-13H,2-3H2,1H3,(H,20,21,22,23). The summed E-state index contributed by atoms with van der Waals surface area (Å²) in [5.41, 5.74) is 2.78. The van der Waals surface area contributed by atoms with Gasteiger partial charge in [-0.3, -0.25) is 0 Å². The Balaban J connectivity index is 2.09. The number of aromatic nitrogens is 3. The van der Waals surface area contributed by atoms with Crippen molar-refractivity contribution in [1.29, 1.82) is 0 Å². The maximum atomic E-state index is 4.62. The van der Waals surface area contributed by atoms with E-state index in [1.54, 1.807) is 0 Å². The van der Waals surface area contributed by atoms with Crippen molar-refractivity contribution in [3.8, 4) is 22.8 Å². The van der Waals surface area contributed by atoms with Gasteiger partial charge in [-0.05, 0) is 6.42 Å². The minimum absolute atomic E-state index is 0.518. The van der Waals surface area contributed by atoms with Crippen LogP contribution in [0.25, 0.3) is 22.8 Å². The molecular formula is C19H18N4. The SMILES string of the molecule is C=C(CC)Nc1nc(-c2ccccc2)nc(-c2ccccc2)n1. The van der Waals surface area contributed by atoms with Crippen LogP contribution in [0.15, 0.2) is 72.9 Å². The Labute approximate surface area is 136 Å². The van der Waals surface area contributed by atoms with Crippen LogP contribution < -0.4 is 5.32 Å². The second kappa shape index (κ2) is 6.83. The molecule has 2 aromatic carbocycles. The smallest absolute Gasteiger partial charge is 0.231 e. The van der Waals surface area contributed by atoms with E-state index in [1.807, 2.05) is 67.6 Å². The molecule has 0 aliphatic heterocycles. The third-order valence-corrected chi connectivity index (χ3v) is 3.41. The van der Waals surface area contributed by atoms with Crippen molar-refractivity contribution in [2.24, 2.45) is 0 Å². The summed E-state index contributed by atoms with van der Waals surface area (Å²) in [6.07, 6.45) is 0.813. The van der Waals surface area contributed by atoms with Crippen LogP contribution in [-0.4, -0.2) is 15.0 Å². The van der Waals surface area contributed by atoms with Gasteiger partial charge in [0, 0.05) is 16.8 Å². The van der Waals surface area contributed by atoms with Gasteiger partial charge in [0.05, 0.1) is 0 Å². The molecule has 1 N–H and O–H groups in total. The number of hydrogen-bond donors (Lipinski definition) is 1. The zero-order chi connectivity index (χ0) is 16.1. The fourth-order valence-corrected chi connectivity index (χ4v) is 2.11. The number of benzene rings is 2. The van der Waals surface area contributed by atoms with Gasteiger partial charge in [0.25, 0.3) is 0 Å². The summed E-state index contributed by atoms with van der Waals surface area (Å²) in [5.74, 6) is 1.81. The van der Waals surface area contributed by atoms with Gasteiger partial charge in [0.15, 0.2) is 11.6 Å². The molecule has 0 bridgehead atoms. The number of nitrogens with zero attached hydrogens (tertiary/aromatic N) is 3. The summed E-state index contributed by atoms with van der Waals surface area (Å²) >= 11 is 0. The van der Waals surface area contributed by atoms with E-state index in [9.17, 15) is 0 Å². The van der Waals surface area contributed by atoms with Crippen LogP contribution >= 0.6 is 0 Å². The van der Waals surface area contributed by atoms with Crippen molar-refractivity contribution in [3.63, 3.8) is 0 Å². The second-order valence-electron chi connectivity index (χ2n) is 5.12. The maximum Gasteiger partial charge on any atom is 0.231 e. The summed E-state index contributed by atoms with van der Waals surface area (Å²) in [5, 5.41) is 3.16. The summed E-state index contributed by atoms with van der Waals surface area (Å²) in [7, 11) is 0. The van der Waals surface area contributed by atoms with Crippen molar-refractivity contribution in [2.75, 3.05) is 5.32 Å². The second-order valence-corrected chi connectivity index (χ2v) is 5.12. The van der Waals surface area contributed by atoms with E-state index in [0.717, 1.165) is 23.2 Å². The molecule has 3 rings (SSSR count). The Bertz CT molecular complexity index is 740. The van der Waals surface area contributed by atoms with E-state index >= 15 is 0 Å². The third-order valence-electron chi connectivity index (χ3n) is 3.41. The van der Waals surface area contributed by atoms with Crippen LogP contribution in [0, 0.1) is 0 Å². The molecule has 0 saturated carbocycles.